The Morgan fingerprint density at radius 2 is 2.12 bits per heavy atom. The van der Waals surface area contributed by atoms with Crippen molar-refractivity contribution in [3.05, 3.63) is 71.3 Å². The fourth-order valence-electron chi connectivity index (χ4n) is 3.36. The molecule has 34 heavy (non-hydrogen) atoms. The molecule has 1 aliphatic rings. The molecule has 0 aliphatic carbocycles. The summed E-state index contributed by atoms with van der Waals surface area (Å²) in [4.78, 5) is 38.3. The lowest BCUT2D eigenvalue weighted by Crippen LogP contribution is -2.31. The monoisotopic (exact) mass is 465 g/mol. The molecule has 0 spiro atoms. The van der Waals surface area contributed by atoms with Crippen LogP contribution in [0.15, 0.2) is 58.7 Å². The topological polar surface area (TPSA) is 158 Å². The summed E-state index contributed by atoms with van der Waals surface area (Å²) in [6, 6.07) is 9.56. The van der Waals surface area contributed by atoms with Crippen LogP contribution < -0.4 is 16.4 Å². The molecule has 1 aliphatic heterocycles. The summed E-state index contributed by atoms with van der Waals surface area (Å²) in [6.07, 6.45) is 1.42. The molecule has 4 heterocycles. The zero-order valence-electron chi connectivity index (χ0n) is 18.5. The molecule has 12 heteroatoms. The van der Waals surface area contributed by atoms with Gasteiger partial charge in [-0.1, -0.05) is 6.07 Å². The Balaban J connectivity index is 1.51. The number of ether oxygens (including phenoxy) is 2. The summed E-state index contributed by atoms with van der Waals surface area (Å²) < 4.78 is 16.0. The lowest BCUT2D eigenvalue weighted by molar-refractivity contribution is -0.110. The number of hydrogen-bond acceptors (Lipinski definition) is 10. The van der Waals surface area contributed by atoms with Gasteiger partial charge < -0.3 is 29.8 Å². The predicted molar refractivity (Wildman–Crippen MR) is 119 cm³/mol. The quantitative estimate of drug-likeness (QED) is 0.419. The molecule has 0 fully saturated rings. The highest BCUT2D eigenvalue weighted by atomic mass is 16.6. The van der Waals surface area contributed by atoms with Gasteiger partial charge in [0.05, 0.1) is 23.3 Å². The van der Waals surface area contributed by atoms with E-state index < -0.39 is 12.1 Å². The van der Waals surface area contributed by atoms with Gasteiger partial charge in [0, 0.05) is 7.05 Å². The molecule has 3 aromatic heterocycles. The van der Waals surface area contributed by atoms with Crippen molar-refractivity contribution < 1.29 is 23.5 Å². The minimum Gasteiger partial charge on any atom is -0.474 e. The summed E-state index contributed by atoms with van der Waals surface area (Å²) >= 11 is 0. The molecule has 0 saturated heterocycles. The average molecular weight is 465 g/mol. The number of amides is 2. The van der Waals surface area contributed by atoms with Crippen molar-refractivity contribution in [2.75, 3.05) is 19.5 Å². The second kappa shape index (κ2) is 9.90. The van der Waals surface area contributed by atoms with Gasteiger partial charge in [0.15, 0.2) is 18.3 Å². The number of hydrogen-bond donors (Lipinski definition) is 3. The van der Waals surface area contributed by atoms with Gasteiger partial charge >= 0.3 is 6.09 Å². The molecule has 1 unspecified atom stereocenters. The molecule has 0 radical (unpaired) electrons. The fraction of sp³-hybridized carbons (Fsp3) is 0.227. The number of allylic oxidation sites excluding steroid dienone is 1. The van der Waals surface area contributed by atoms with E-state index in [-0.39, 0.29) is 12.6 Å². The third-order valence-electron chi connectivity index (χ3n) is 4.95. The molecule has 1 atom stereocenters. The first-order valence-corrected chi connectivity index (χ1v) is 10.3. The van der Waals surface area contributed by atoms with Crippen LogP contribution in [-0.4, -0.2) is 46.1 Å². The first-order valence-electron chi connectivity index (χ1n) is 10.3. The zero-order chi connectivity index (χ0) is 24.1. The number of nitrogens with one attached hydrogen (secondary N) is 2. The number of furan rings is 1. The van der Waals surface area contributed by atoms with Crippen LogP contribution in [0.25, 0.3) is 11.5 Å². The maximum Gasteiger partial charge on any atom is 0.413 e. The number of nitrogens with zero attached hydrogens (tertiary/aromatic N) is 4. The normalized spacial score (nSPS) is 13.9. The Labute approximate surface area is 194 Å². The molecular formula is C22H23N7O5. The van der Waals surface area contributed by atoms with Crippen LogP contribution in [0.4, 0.5) is 10.7 Å². The third-order valence-corrected chi connectivity index (χ3v) is 4.95. The number of alkyl carbamates (subject to hydrolysis) is 1. The van der Waals surface area contributed by atoms with Crippen molar-refractivity contribution in [3.63, 3.8) is 0 Å². The SMILES string of the molecule is CC1=C(NC(=O)OCc2cccc(C(NC=O)c3cc(-c4ccco4)nc(N)n3)n2)N(C)CO1. The molecule has 4 rings (SSSR count). The number of nitrogen functional groups attached to an aromatic ring is 1. The molecule has 0 saturated carbocycles. The predicted octanol–water partition coefficient (Wildman–Crippen LogP) is 1.88. The smallest absolute Gasteiger partial charge is 0.413 e. The van der Waals surface area contributed by atoms with Gasteiger partial charge in [0.25, 0.3) is 0 Å². The van der Waals surface area contributed by atoms with Gasteiger partial charge in [0.2, 0.25) is 12.4 Å². The van der Waals surface area contributed by atoms with Gasteiger partial charge in [-0.05, 0) is 37.3 Å². The van der Waals surface area contributed by atoms with Gasteiger partial charge in [-0.3, -0.25) is 15.1 Å². The highest BCUT2D eigenvalue weighted by Crippen LogP contribution is 2.25. The van der Waals surface area contributed by atoms with Crippen LogP contribution >= 0.6 is 0 Å². The first kappa shape index (κ1) is 22.6. The summed E-state index contributed by atoms with van der Waals surface area (Å²) in [5, 5.41) is 5.35. The standard InChI is InChI=1S/C22H23N7O5/c1-13-20(29(2)12-34-13)28-22(31)33-10-14-5-3-6-15(25-14)19(24-11-30)17-9-16(26-21(23)27-17)18-7-4-8-32-18/h3-9,11,19H,10,12H2,1-2H3,(H,24,30)(H,28,31)(H2,23,26,27). The van der Waals surface area contributed by atoms with E-state index in [9.17, 15) is 9.59 Å². The molecular weight excluding hydrogens is 442 g/mol. The zero-order valence-corrected chi connectivity index (χ0v) is 18.5. The molecule has 4 N–H and O–H groups in total. The molecule has 12 nitrogen and oxygen atoms in total. The Hall–Kier alpha value is -4.61. The average Bonchev–Trinajstić information content (AvgIpc) is 3.47. The lowest BCUT2D eigenvalue weighted by Gasteiger charge is -2.17. The maximum absolute atomic E-state index is 12.2. The van der Waals surface area contributed by atoms with Crippen LogP contribution in [0.5, 0.6) is 0 Å². The van der Waals surface area contributed by atoms with Crippen molar-refractivity contribution in [1.82, 2.24) is 30.5 Å². The highest BCUT2D eigenvalue weighted by Gasteiger charge is 2.22. The number of carbonyl (C=O) groups excluding carboxylic acids is 2. The number of carbonyl (C=O) groups is 2. The first-order chi connectivity index (χ1) is 16.4. The van der Waals surface area contributed by atoms with Gasteiger partial charge in [-0.25, -0.2) is 14.8 Å². The third kappa shape index (κ3) is 5.06. The van der Waals surface area contributed by atoms with Crippen molar-refractivity contribution in [3.8, 4) is 11.5 Å². The van der Waals surface area contributed by atoms with E-state index in [1.165, 1.54) is 6.26 Å². The number of pyridine rings is 1. The van der Waals surface area contributed by atoms with Gasteiger partial charge in [-0.15, -0.1) is 0 Å². The Bertz CT molecular complexity index is 1210. The van der Waals surface area contributed by atoms with E-state index >= 15 is 0 Å². The second-order valence-electron chi connectivity index (χ2n) is 7.36. The van der Waals surface area contributed by atoms with E-state index in [4.69, 9.17) is 19.6 Å². The van der Waals surface area contributed by atoms with Crippen LogP contribution in [0.1, 0.15) is 30.0 Å². The van der Waals surface area contributed by atoms with E-state index in [2.05, 4.69) is 25.6 Å². The van der Waals surface area contributed by atoms with Crippen LogP contribution in [0.2, 0.25) is 0 Å². The highest BCUT2D eigenvalue weighted by molar-refractivity contribution is 5.69. The molecule has 0 bridgehead atoms. The van der Waals surface area contributed by atoms with Crippen LogP contribution in [0.3, 0.4) is 0 Å². The van der Waals surface area contributed by atoms with Crippen molar-refractivity contribution >= 4 is 18.5 Å². The van der Waals surface area contributed by atoms with Gasteiger partial charge in [-0.2, -0.15) is 0 Å². The largest absolute Gasteiger partial charge is 0.474 e. The van der Waals surface area contributed by atoms with Crippen molar-refractivity contribution in [2.45, 2.75) is 19.6 Å². The van der Waals surface area contributed by atoms with Crippen molar-refractivity contribution in [1.29, 1.82) is 0 Å². The summed E-state index contributed by atoms with van der Waals surface area (Å²) in [7, 11) is 1.79. The number of nitrogens with two attached hydrogens (primary N) is 1. The molecule has 3 aromatic rings. The number of aromatic nitrogens is 3. The Kier molecular flexibility index (Phi) is 6.57. The maximum atomic E-state index is 12.2. The molecule has 176 valence electrons. The van der Waals surface area contributed by atoms with Gasteiger partial charge in [0.1, 0.15) is 24.1 Å². The fourth-order valence-corrected chi connectivity index (χ4v) is 3.36. The minimum atomic E-state index is -0.720. The number of anilines is 1. The lowest BCUT2D eigenvalue weighted by atomic mass is 10.1. The second-order valence-corrected chi connectivity index (χ2v) is 7.36. The van der Waals surface area contributed by atoms with E-state index in [0.717, 1.165) is 0 Å². The van der Waals surface area contributed by atoms with Crippen molar-refractivity contribution in [2.24, 2.45) is 0 Å². The Morgan fingerprint density at radius 1 is 1.26 bits per heavy atom. The molecule has 2 amide bonds. The number of rotatable bonds is 8. The summed E-state index contributed by atoms with van der Waals surface area (Å²) in [5.41, 5.74) is 7.72. The van der Waals surface area contributed by atoms with Crippen LogP contribution in [-0.2, 0) is 20.9 Å². The van der Waals surface area contributed by atoms with Crippen LogP contribution in [0, 0.1) is 0 Å². The summed E-state index contributed by atoms with van der Waals surface area (Å²) in [5.74, 6) is 1.66. The van der Waals surface area contributed by atoms with E-state index in [1.807, 2.05) is 0 Å². The molecule has 0 aromatic carbocycles. The Morgan fingerprint density at radius 3 is 2.82 bits per heavy atom. The minimum absolute atomic E-state index is 0.0169. The summed E-state index contributed by atoms with van der Waals surface area (Å²) in [6.45, 7) is 2.01. The van der Waals surface area contributed by atoms with E-state index in [1.54, 1.807) is 55.3 Å². The van der Waals surface area contributed by atoms with E-state index in [0.29, 0.717) is 53.3 Å².